The molecule has 1 aromatic carbocycles. The average Bonchev–Trinajstić information content (AvgIpc) is 2.88. The number of hydrogen-bond donors (Lipinski definition) is 0. The van der Waals surface area contributed by atoms with Crippen molar-refractivity contribution in [1.82, 2.24) is 4.31 Å². The summed E-state index contributed by atoms with van der Waals surface area (Å²) in [5, 5.41) is 9.32. The van der Waals surface area contributed by atoms with E-state index in [1.54, 1.807) is 18.2 Å². The van der Waals surface area contributed by atoms with Crippen LogP contribution in [0.2, 0.25) is 0 Å². The van der Waals surface area contributed by atoms with E-state index in [-0.39, 0.29) is 11.5 Å². The molecular weight excluding hydrogens is 332 g/mol. The van der Waals surface area contributed by atoms with Gasteiger partial charge in [-0.05, 0) is 28.1 Å². The molecule has 2 rings (SSSR count). The lowest BCUT2D eigenvalue weighted by atomic mass is 10.0. The van der Waals surface area contributed by atoms with Gasteiger partial charge in [-0.2, -0.15) is 9.57 Å². The molecule has 1 heterocycles. The maximum absolute atomic E-state index is 12.6. The first kappa shape index (κ1) is 14.5. The van der Waals surface area contributed by atoms with E-state index >= 15 is 0 Å². The lowest BCUT2D eigenvalue weighted by molar-refractivity contribution is 0.162. The van der Waals surface area contributed by atoms with Gasteiger partial charge in [0.2, 0.25) is 10.0 Å². The third-order valence-electron chi connectivity index (χ3n) is 3.29. The van der Waals surface area contributed by atoms with Gasteiger partial charge in [-0.1, -0.05) is 12.1 Å². The Balaban J connectivity index is 2.46. The highest BCUT2D eigenvalue weighted by Crippen LogP contribution is 2.32. The van der Waals surface area contributed by atoms with Crippen LogP contribution in [0.15, 0.2) is 33.6 Å². The van der Waals surface area contributed by atoms with Crippen LogP contribution in [0.3, 0.4) is 0 Å². The minimum atomic E-state index is -3.74. The molecular formula is C12H13BrN2O3S. The number of likely N-dealkylation sites (N-methyl/N-ethyl adjacent to an activating group) is 1. The van der Waals surface area contributed by atoms with Crippen molar-refractivity contribution in [2.24, 2.45) is 0 Å². The van der Waals surface area contributed by atoms with E-state index in [9.17, 15) is 13.7 Å². The summed E-state index contributed by atoms with van der Waals surface area (Å²) in [7, 11) is -2.32. The Bertz CT molecular complexity index is 618. The van der Waals surface area contributed by atoms with Crippen LogP contribution < -0.4 is 0 Å². The topological polar surface area (TPSA) is 70.4 Å². The van der Waals surface area contributed by atoms with Crippen molar-refractivity contribution in [3.8, 4) is 6.07 Å². The third kappa shape index (κ3) is 2.41. The second kappa shape index (κ2) is 5.21. The molecule has 0 radical (unpaired) electrons. The summed E-state index contributed by atoms with van der Waals surface area (Å²) in [5.74, 6) is 0. The Labute approximate surface area is 121 Å². The van der Waals surface area contributed by atoms with E-state index in [1.807, 2.05) is 0 Å². The van der Waals surface area contributed by atoms with Gasteiger partial charge in [-0.3, -0.25) is 0 Å². The fraction of sp³-hybridized carbons (Fsp3) is 0.417. The summed E-state index contributed by atoms with van der Waals surface area (Å²) in [4.78, 5) is 0.152. The van der Waals surface area contributed by atoms with Gasteiger partial charge in [0.1, 0.15) is 5.54 Å². The molecule has 0 saturated carbocycles. The molecule has 19 heavy (non-hydrogen) atoms. The molecule has 0 aromatic heterocycles. The van der Waals surface area contributed by atoms with E-state index in [4.69, 9.17) is 4.74 Å². The molecule has 0 aliphatic carbocycles. The fourth-order valence-corrected chi connectivity index (χ4v) is 4.40. The molecule has 1 unspecified atom stereocenters. The number of hydrogen-bond acceptors (Lipinski definition) is 4. The van der Waals surface area contributed by atoms with Gasteiger partial charge < -0.3 is 4.74 Å². The first-order valence-corrected chi connectivity index (χ1v) is 7.90. The Hall–Kier alpha value is -0.940. The Kier molecular flexibility index (Phi) is 3.97. The summed E-state index contributed by atoms with van der Waals surface area (Å²) in [5.41, 5.74) is -1.12. The zero-order valence-electron chi connectivity index (χ0n) is 10.3. The SMILES string of the molecule is CN(C1(C#N)CCOC1)S(=O)(=O)c1ccccc1Br. The predicted octanol–water partition coefficient (Wildman–Crippen LogP) is 1.75. The summed E-state index contributed by atoms with van der Waals surface area (Å²) < 4.78 is 32.0. The van der Waals surface area contributed by atoms with Crippen LogP contribution in [0, 0.1) is 11.3 Å². The summed E-state index contributed by atoms with van der Waals surface area (Å²) in [6.07, 6.45) is 0.379. The number of rotatable bonds is 3. The van der Waals surface area contributed by atoms with Crippen molar-refractivity contribution >= 4 is 26.0 Å². The maximum Gasteiger partial charge on any atom is 0.245 e. The van der Waals surface area contributed by atoms with Gasteiger partial charge in [0, 0.05) is 24.5 Å². The molecule has 1 atom stereocenters. The number of halogens is 1. The Morgan fingerprint density at radius 1 is 1.47 bits per heavy atom. The van der Waals surface area contributed by atoms with Crippen LogP contribution in [-0.2, 0) is 14.8 Å². The first-order chi connectivity index (χ1) is 8.94. The van der Waals surface area contributed by atoms with Crippen molar-refractivity contribution < 1.29 is 13.2 Å². The van der Waals surface area contributed by atoms with Gasteiger partial charge in [-0.25, -0.2) is 8.42 Å². The second-order valence-electron chi connectivity index (χ2n) is 4.35. The van der Waals surface area contributed by atoms with Gasteiger partial charge in [0.25, 0.3) is 0 Å². The lowest BCUT2D eigenvalue weighted by Gasteiger charge is -2.30. The van der Waals surface area contributed by atoms with Gasteiger partial charge >= 0.3 is 0 Å². The third-order valence-corrected chi connectivity index (χ3v) is 6.22. The number of sulfonamides is 1. The molecule has 0 bridgehead atoms. The number of ether oxygens (including phenoxy) is 1. The molecule has 1 aromatic rings. The van der Waals surface area contributed by atoms with Gasteiger partial charge in [-0.15, -0.1) is 0 Å². The van der Waals surface area contributed by atoms with Gasteiger partial charge in [0.15, 0.2) is 0 Å². The zero-order chi connectivity index (χ0) is 14.1. The molecule has 7 heteroatoms. The highest BCUT2D eigenvalue weighted by atomic mass is 79.9. The molecule has 1 aliphatic heterocycles. The summed E-state index contributed by atoms with van der Waals surface area (Å²) >= 11 is 3.23. The maximum atomic E-state index is 12.6. The average molecular weight is 345 g/mol. The molecule has 5 nitrogen and oxygen atoms in total. The molecule has 1 saturated heterocycles. The quantitative estimate of drug-likeness (QED) is 0.837. The minimum Gasteiger partial charge on any atom is -0.378 e. The molecule has 0 spiro atoms. The zero-order valence-corrected chi connectivity index (χ0v) is 12.7. The number of nitriles is 1. The van der Waals surface area contributed by atoms with Crippen LogP contribution in [0.4, 0.5) is 0 Å². The lowest BCUT2D eigenvalue weighted by Crippen LogP contribution is -2.49. The van der Waals surface area contributed by atoms with E-state index in [0.29, 0.717) is 17.5 Å². The summed E-state index contributed by atoms with van der Waals surface area (Å²) in [6.45, 7) is 0.493. The molecule has 0 N–H and O–H groups in total. The highest BCUT2D eigenvalue weighted by molar-refractivity contribution is 9.10. The van der Waals surface area contributed by atoms with Gasteiger partial charge in [0.05, 0.1) is 17.6 Å². The van der Waals surface area contributed by atoms with E-state index < -0.39 is 15.6 Å². The number of nitrogens with zero attached hydrogens (tertiary/aromatic N) is 2. The monoisotopic (exact) mass is 344 g/mol. The van der Waals surface area contributed by atoms with Crippen LogP contribution in [-0.4, -0.2) is 38.5 Å². The molecule has 0 amide bonds. The smallest absolute Gasteiger partial charge is 0.245 e. The van der Waals surface area contributed by atoms with Crippen molar-refractivity contribution in [2.75, 3.05) is 20.3 Å². The van der Waals surface area contributed by atoms with E-state index in [2.05, 4.69) is 22.0 Å². The Morgan fingerprint density at radius 2 is 2.16 bits per heavy atom. The fourth-order valence-electron chi connectivity index (χ4n) is 1.99. The highest BCUT2D eigenvalue weighted by Gasteiger charge is 2.45. The van der Waals surface area contributed by atoms with Crippen molar-refractivity contribution in [1.29, 1.82) is 5.26 Å². The largest absolute Gasteiger partial charge is 0.378 e. The standard InChI is InChI=1S/C12H13BrN2O3S/c1-15(12(8-14)6-7-18-9-12)19(16,17)11-5-3-2-4-10(11)13/h2-5H,6-7,9H2,1H3. The van der Waals surface area contributed by atoms with Crippen molar-refractivity contribution in [3.05, 3.63) is 28.7 Å². The normalized spacial score (nSPS) is 23.5. The van der Waals surface area contributed by atoms with Crippen molar-refractivity contribution in [3.63, 3.8) is 0 Å². The van der Waals surface area contributed by atoms with E-state index in [0.717, 1.165) is 4.31 Å². The predicted molar refractivity (Wildman–Crippen MR) is 72.9 cm³/mol. The van der Waals surface area contributed by atoms with Crippen molar-refractivity contribution in [2.45, 2.75) is 16.9 Å². The first-order valence-electron chi connectivity index (χ1n) is 5.67. The van der Waals surface area contributed by atoms with Crippen LogP contribution in [0.5, 0.6) is 0 Å². The molecule has 1 fully saturated rings. The van der Waals surface area contributed by atoms with Crippen LogP contribution >= 0.6 is 15.9 Å². The van der Waals surface area contributed by atoms with E-state index in [1.165, 1.54) is 13.1 Å². The Morgan fingerprint density at radius 3 is 2.68 bits per heavy atom. The molecule has 102 valence electrons. The van der Waals surface area contributed by atoms with Crippen LogP contribution in [0.25, 0.3) is 0 Å². The van der Waals surface area contributed by atoms with Crippen LogP contribution in [0.1, 0.15) is 6.42 Å². The number of benzene rings is 1. The second-order valence-corrected chi connectivity index (χ2v) is 7.14. The minimum absolute atomic E-state index is 0.101. The molecule has 1 aliphatic rings. The summed E-state index contributed by atoms with van der Waals surface area (Å²) in [6, 6.07) is 8.63.